The zero-order chi connectivity index (χ0) is 14.9. The first-order chi connectivity index (χ1) is 9.44. The Bertz CT molecular complexity index is 617. The number of carbonyl (C=O) groups is 2. The molecule has 20 heavy (non-hydrogen) atoms. The first-order valence-corrected chi connectivity index (χ1v) is 6.16. The van der Waals surface area contributed by atoms with Crippen LogP contribution in [-0.4, -0.2) is 11.8 Å². The molecule has 2 atom stereocenters. The fourth-order valence-corrected chi connectivity index (χ4v) is 2.61. The summed E-state index contributed by atoms with van der Waals surface area (Å²) in [6.45, 7) is 3.53. The van der Waals surface area contributed by atoms with Crippen LogP contribution in [0.2, 0.25) is 0 Å². The number of aryl methyl sites for hydroxylation is 1. The van der Waals surface area contributed by atoms with E-state index in [9.17, 15) is 20.1 Å². The van der Waals surface area contributed by atoms with Gasteiger partial charge in [-0.15, -0.1) is 0 Å². The van der Waals surface area contributed by atoms with Crippen LogP contribution in [0.1, 0.15) is 18.1 Å². The molecule has 0 aliphatic carbocycles. The van der Waals surface area contributed by atoms with E-state index in [0.717, 1.165) is 5.56 Å². The van der Waals surface area contributed by atoms with Crippen LogP contribution in [0.5, 0.6) is 0 Å². The number of imide groups is 1. The van der Waals surface area contributed by atoms with Crippen molar-refractivity contribution in [3.8, 4) is 12.1 Å². The summed E-state index contributed by atoms with van der Waals surface area (Å²) in [7, 11) is 0. The normalized spacial score (nSPS) is 29.2. The largest absolute Gasteiger partial charge is 0.294 e. The molecule has 1 aromatic carbocycles. The maximum Gasteiger partial charge on any atom is 0.244 e. The Labute approximate surface area is 116 Å². The molecule has 1 aliphatic heterocycles. The van der Waals surface area contributed by atoms with Gasteiger partial charge in [0.25, 0.3) is 0 Å². The highest BCUT2D eigenvalue weighted by molar-refractivity contribution is 6.04. The number of nitrogens with zero attached hydrogens (tertiary/aromatic N) is 2. The van der Waals surface area contributed by atoms with Gasteiger partial charge in [-0.2, -0.15) is 10.5 Å². The number of carbonyl (C=O) groups excluding carboxylic acids is 2. The lowest BCUT2D eigenvalue weighted by Crippen LogP contribution is -2.58. The second kappa shape index (κ2) is 4.79. The van der Waals surface area contributed by atoms with Gasteiger partial charge in [0.1, 0.15) is 11.8 Å². The summed E-state index contributed by atoms with van der Waals surface area (Å²) in [6.07, 6.45) is 0. The van der Waals surface area contributed by atoms with Gasteiger partial charge in [-0.1, -0.05) is 36.8 Å². The van der Waals surface area contributed by atoms with Crippen molar-refractivity contribution in [2.24, 2.45) is 11.8 Å². The van der Waals surface area contributed by atoms with Gasteiger partial charge in [0.05, 0.1) is 12.1 Å². The molecular weight excluding hydrogens is 254 g/mol. The second-order valence-electron chi connectivity index (χ2n) is 5.13. The first-order valence-electron chi connectivity index (χ1n) is 6.16. The second-order valence-corrected chi connectivity index (χ2v) is 5.13. The minimum atomic E-state index is -1.14. The fourth-order valence-electron chi connectivity index (χ4n) is 2.61. The van der Waals surface area contributed by atoms with E-state index in [0.29, 0.717) is 5.56 Å². The lowest BCUT2D eigenvalue weighted by molar-refractivity contribution is -0.140. The summed E-state index contributed by atoms with van der Waals surface area (Å²) in [4.78, 5) is 23.8. The Hall–Kier alpha value is -2.66. The van der Waals surface area contributed by atoms with Crippen molar-refractivity contribution in [3.05, 3.63) is 35.4 Å². The summed E-state index contributed by atoms with van der Waals surface area (Å²) in [5.74, 6) is -3.45. The summed E-state index contributed by atoms with van der Waals surface area (Å²) in [6, 6.07) is 11.0. The number of hydrogen-bond acceptors (Lipinski definition) is 4. The summed E-state index contributed by atoms with van der Waals surface area (Å²) in [5, 5.41) is 20.7. The van der Waals surface area contributed by atoms with Crippen LogP contribution >= 0.6 is 0 Å². The van der Waals surface area contributed by atoms with Gasteiger partial charge in [-0.3, -0.25) is 14.9 Å². The van der Waals surface area contributed by atoms with E-state index in [-0.39, 0.29) is 0 Å². The van der Waals surface area contributed by atoms with Crippen LogP contribution in [0.25, 0.3) is 0 Å². The zero-order valence-corrected chi connectivity index (χ0v) is 11.2. The third-order valence-electron chi connectivity index (χ3n) is 3.90. The average molecular weight is 267 g/mol. The predicted octanol–water partition coefficient (Wildman–Crippen LogP) is 1.19. The molecule has 0 bridgehead atoms. The van der Waals surface area contributed by atoms with Crippen LogP contribution in [0.15, 0.2) is 24.3 Å². The van der Waals surface area contributed by atoms with Crippen molar-refractivity contribution in [2.75, 3.05) is 0 Å². The Morgan fingerprint density at radius 3 is 1.90 bits per heavy atom. The zero-order valence-electron chi connectivity index (χ0n) is 11.2. The standard InChI is InChI=1S/C15H13N3O2/c1-9-3-5-10(6-4-9)15(2)11(7-16)13(19)18-14(20)12(15)8-17/h3-6,11-12H,1-2H3,(H,18,19,20). The lowest BCUT2D eigenvalue weighted by Gasteiger charge is -2.40. The summed E-state index contributed by atoms with van der Waals surface area (Å²) < 4.78 is 0. The average Bonchev–Trinajstić information content (AvgIpc) is 2.39. The van der Waals surface area contributed by atoms with Gasteiger partial charge in [0.2, 0.25) is 11.8 Å². The minimum absolute atomic E-state index is 0.643. The molecule has 0 saturated carbocycles. The van der Waals surface area contributed by atoms with Gasteiger partial charge < -0.3 is 0 Å². The van der Waals surface area contributed by atoms with Crippen molar-refractivity contribution >= 4 is 11.8 Å². The number of hydrogen-bond donors (Lipinski definition) is 1. The van der Waals surface area contributed by atoms with Crippen molar-refractivity contribution in [1.82, 2.24) is 5.32 Å². The van der Waals surface area contributed by atoms with Crippen molar-refractivity contribution in [1.29, 1.82) is 10.5 Å². The van der Waals surface area contributed by atoms with Crippen LogP contribution in [0.4, 0.5) is 0 Å². The molecule has 5 nitrogen and oxygen atoms in total. The van der Waals surface area contributed by atoms with E-state index in [1.807, 2.05) is 31.2 Å². The van der Waals surface area contributed by atoms with E-state index in [4.69, 9.17) is 0 Å². The maximum atomic E-state index is 11.9. The maximum absolute atomic E-state index is 11.9. The molecule has 1 N–H and O–H groups in total. The van der Waals surface area contributed by atoms with E-state index in [1.165, 1.54) is 0 Å². The van der Waals surface area contributed by atoms with Gasteiger partial charge in [-0.25, -0.2) is 0 Å². The molecule has 0 aromatic heterocycles. The molecule has 2 unspecified atom stereocenters. The molecule has 0 radical (unpaired) electrons. The smallest absolute Gasteiger partial charge is 0.244 e. The fraction of sp³-hybridized carbons (Fsp3) is 0.333. The molecule has 1 aliphatic rings. The molecule has 0 spiro atoms. The molecule has 100 valence electrons. The van der Waals surface area contributed by atoms with Crippen LogP contribution < -0.4 is 5.32 Å². The molecule has 2 amide bonds. The van der Waals surface area contributed by atoms with Crippen LogP contribution in [0, 0.1) is 41.4 Å². The van der Waals surface area contributed by atoms with Gasteiger partial charge in [0, 0.05) is 5.41 Å². The topological polar surface area (TPSA) is 93.8 Å². The minimum Gasteiger partial charge on any atom is -0.294 e. The molecule has 1 heterocycles. The van der Waals surface area contributed by atoms with Gasteiger partial charge >= 0.3 is 0 Å². The van der Waals surface area contributed by atoms with Crippen molar-refractivity contribution in [3.63, 3.8) is 0 Å². The van der Waals surface area contributed by atoms with Crippen LogP contribution in [-0.2, 0) is 15.0 Å². The number of nitrogens with one attached hydrogen (secondary N) is 1. The molecule has 5 heteroatoms. The number of nitriles is 2. The number of amides is 2. The van der Waals surface area contributed by atoms with E-state index < -0.39 is 29.1 Å². The monoisotopic (exact) mass is 267 g/mol. The third-order valence-corrected chi connectivity index (χ3v) is 3.90. The van der Waals surface area contributed by atoms with Gasteiger partial charge in [0.15, 0.2) is 0 Å². The summed E-state index contributed by atoms with van der Waals surface area (Å²) in [5.41, 5.74) is 0.520. The van der Waals surface area contributed by atoms with Gasteiger partial charge in [-0.05, 0) is 12.5 Å². The molecule has 2 rings (SSSR count). The molecule has 1 saturated heterocycles. The molecule has 1 aromatic rings. The quantitative estimate of drug-likeness (QED) is 0.773. The number of benzene rings is 1. The Morgan fingerprint density at radius 1 is 1.05 bits per heavy atom. The highest BCUT2D eigenvalue weighted by atomic mass is 16.2. The predicted molar refractivity (Wildman–Crippen MR) is 69.9 cm³/mol. The van der Waals surface area contributed by atoms with E-state index >= 15 is 0 Å². The molecule has 1 fully saturated rings. The number of rotatable bonds is 1. The van der Waals surface area contributed by atoms with E-state index in [1.54, 1.807) is 19.1 Å². The van der Waals surface area contributed by atoms with E-state index in [2.05, 4.69) is 5.32 Å². The SMILES string of the molecule is Cc1ccc(C2(C)C(C#N)C(=O)NC(=O)C2C#N)cc1. The Kier molecular flexibility index (Phi) is 3.29. The summed E-state index contributed by atoms with van der Waals surface area (Å²) >= 11 is 0. The highest BCUT2D eigenvalue weighted by Gasteiger charge is 2.54. The number of piperidine rings is 1. The Morgan fingerprint density at radius 2 is 1.50 bits per heavy atom. The first kappa shape index (κ1) is 13.8. The highest BCUT2D eigenvalue weighted by Crippen LogP contribution is 2.41. The van der Waals surface area contributed by atoms with Crippen LogP contribution in [0.3, 0.4) is 0 Å². The van der Waals surface area contributed by atoms with Crippen molar-refractivity contribution < 1.29 is 9.59 Å². The third kappa shape index (κ3) is 1.85. The van der Waals surface area contributed by atoms with Crippen molar-refractivity contribution in [2.45, 2.75) is 19.3 Å². The Balaban J connectivity index is 2.65. The molecular formula is C15H13N3O2. The lowest BCUT2D eigenvalue weighted by atomic mass is 9.62.